The molecule has 6 heteroatoms. The fourth-order valence-electron chi connectivity index (χ4n) is 1.91. The van der Waals surface area contributed by atoms with Crippen LogP contribution in [0.3, 0.4) is 0 Å². The second-order valence-electron chi connectivity index (χ2n) is 4.56. The van der Waals surface area contributed by atoms with Crippen LogP contribution in [0, 0.1) is 5.92 Å². The molecule has 0 unspecified atom stereocenters. The van der Waals surface area contributed by atoms with E-state index in [0.717, 1.165) is 12.8 Å². The number of nitrogens with one attached hydrogen (secondary N) is 1. The van der Waals surface area contributed by atoms with Crippen LogP contribution in [0.25, 0.3) is 0 Å². The molecule has 2 rings (SSSR count). The van der Waals surface area contributed by atoms with Crippen LogP contribution in [0.2, 0.25) is 0 Å². The third-order valence-electron chi connectivity index (χ3n) is 3.15. The van der Waals surface area contributed by atoms with Crippen LogP contribution in [0.1, 0.15) is 29.9 Å². The van der Waals surface area contributed by atoms with Gasteiger partial charge in [-0.05, 0) is 18.8 Å². The first-order valence-corrected chi connectivity index (χ1v) is 5.97. The van der Waals surface area contributed by atoms with Gasteiger partial charge in [-0.3, -0.25) is 9.59 Å². The Morgan fingerprint density at radius 1 is 1.61 bits per heavy atom. The maximum Gasteiger partial charge on any atom is 0.307 e. The van der Waals surface area contributed by atoms with Crippen molar-refractivity contribution in [3.63, 3.8) is 0 Å². The largest absolute Gasteiger partial charge is 0.469 e. The minimum Gasteiger partial charge on any atom is -0.469 e. The Labute approximate surface area is 105 Å². The van der Waals surface area contributed by atoms with Gasteiger partial charge in [0, 0.05) is 25.5 Å². The molecule has 1 aliphatic rings. The SMILES string of the molecule is COC(=O)C[C@H](NC(=O)c1nccn1C)C1CC1. The number of aryl methyl sites for hydroxylation is 1. The summed E-state index contributed by atoms with van der Waals surface area (Å²) in [4.78, 5) is 27.3. The van der Waals surface area contributed by atoms with E-state index in [2.05, 4.69) is 15.0 Å². The van der Waals surface area contributed by atoms with Gasteiger partial charge in [0.15, 0.2) is 5.82 Å². The minimum atomic E-state index is -0.299. The molecule has 1 amide bonds. The summed E-state index contributed by atoms with van der Waals surface area (Å²) in [5, 5.41) is 2.86. The van der Waals surface area contributed by atoms with E-state index in [9.17, 15) is 9.59 Å². The number of aromatic nitrogens is 2. The zero-order chi connectivity index (χ0) is 13.1. The summed E-state index contributed by atoms with van der Waals surface area (Å²) in [7, 11) is 3.11. The van der Waals surface area contributed by atoms with Crippen molar-refractivity contribution in [3.05, 3.63) is 18.2 Å². The molecule has 1 N–H and O–H groups in total. The van der Waals surface area contributed by atoms with Crippen molar-refractivity contribution < 1.29 is 14.3 Å². The number of hydrogen-bond acceptors (Lipinski definition) is 4. The summed E-state index contributed by atoms with van der Waals surface area (Å²) in [6.45, 7) is 0. The second kappa shape index (κ2) is 5.20. The monoisotopic (exact) mass is 251 g/mol. The van der Waals surface area contributed by atoms with Crippen LogP contribution < -0.4 is 5.32 Å². The minimum absolute atomic E-state index is 0.151. The molecule has 0 spiro atoms. The van der Waals surface area contributed by atoms with Crippen LogP contribution in [-0.2, 0) is 16.6 Å². The Balaban J connectivity index is 1.98. The maximum absolute atomic E-state index is 12.0. The van der Waals surface area contributed by atoms with Gasteiger partial charge in [-0.15, -0.1) is 0 Å². The molecule has 0 saturated heterocycles. The first-order valence-electron chi connectivity index (χ1n) is 5.97. The number of carbonyl (C=O) groups excluding carboxylic acids is 2. The average Bonchev–Trinajstić information content (AvgIpc) is 3.10. The fourth-order valence-corrected chi connectivity index (χ4v) is 1.91. The number of carbonyl (C=O) groups is 2. The highest BCUT2D eigenvalue weighted by Crippen LogP contribution is 2.34. The van der Waals surface area contributed by atoms with Gasteiger partial charge in [0.05, 0.1) is 13.5 Å². The van der Waals surface area contributed by atoms with Crippen molar-refractivity contribution in [2.24, 2.45) is 13.0 Å². The summed E-state index contributed by atoms with van der Waals surface area (Å²) in [6.07, 6.45) is 5.59. The standard InChI is InChI=1S/C12H17N3O3/c1-15-6-5-13-11(15)12(17)14-9(8-3-4-8)7-10(16)18-2/h5-6,8-9H,3-4,7H2,1-2H3,(H,14,17)/t9-/m0/s1. The molecule has 1 saturated carbocycles. The zero-order valence-electron chi connectivity index (χ0n) is 10.5. The molecular formula is C12H17N3O3. The van der Waals surface area contributed by atoms with Crippen molar-refractivity contribution in [2.45, 2.75) is 25.3 Å². The van der Waals surface area contributed by atoms with Crippen LogP contribution in [0.15, 0.2) is 12.4 Å². The van der Waals surface area contributed by atoms with Gasteiger partial charge in [0.25, 0.3) is 5.91 Å². The Kier molecular flexibility index (Phi) is 3.64. The molecule has 0 bridgehead atoms. The van der Waals surface area contributed by atoms with Crippen molar-refractivity contribution in [1.29, 1.82) is 0 Å². The normalized spacial score (nSPS) is 16.1. The number of hydrogen-bond donors (Lipinski definition) is 1. The van der Waals surface area contributed by atoms with E-state index >= 15 is 0 Å². The summed E-state index contributed by atoms with van der Waals surface area (Å²) >= 11 is 0. The number of nitrogens with zero attached hydrogens (tertiary/aromatic N) is 2. The van der Waals surface area contributed by atoms with E-state index in [4.69, 9.17) is 0 Å². The van der Waals surface area contributed by atoms with Crippen molar-refractivity contribution in [1.82, 2.24) is 14.9 Å². The molecule has 6 nitrogen and oxygen atoms in total. The van der Waals surface area contributed by atoms with E-state index in [0.29, 0.717) is 11.7 Å². The van der Waals surface area contributed by atoms with E-state index < -0.39 is 0 Å². The van der Waals surface area contributed by atoms with Gasteiger partial charge in [0.1, 0.15) is 0 Å². The predicted octanol–water partition coefficient (Wildman–Crippen LogP) is 0.492. The van der Waals surface area contributed by atoms with Crippen LogP contribution in [0.5, 0.6) is 0 Å². The van der Waals surface area contributed by atoms with E-state index in [1.807, 2.05) is 0 Å². The number of imidazole rings is 1. The average molecular weight is 251 g/mol. The van der Waals surface area contributed by atoms with Crippen LogP contribution in [-0.4, -0.2) is 34.6 Å². The second-order valence-corrected chi connectivity index (χ2v) is 4.56. The Bertz CT molecular complexity index is 451. The molecule has 1 fully saturated rings. The molecule has 1 aliphatic carbocycles. The lowest BCUT2D eigenvalue weighted by molar-refractivity contribution is -0.141. The molecule has 1 aromatic heterocycles. The number of amides is 1. The van der Waals surface area contributed by atoms with E-state index in [1.165, 1.54) is 7.11 Å². The summed E-state index contributed by atoms with van der Waals surface area (Å²) in [5.74, 6) is 0.189. The van der Waals surface area contributed by atoms with Crippen LogP contribution in [0.4, 0.5) is 0 Å². The predicted molar refractivity (Wildman–Crippen MR) is 63.8 cm³/mol. The first-order chi connectivity index (χ1) is 8.61. The van der Waals surface area contributed by atoms with Gasteiger partial charge >= 0.3 is 5.97 Å². The topological polar surface area (TPSA) is 73.2 Å². The third-order valence-corrected chi connectivity index (χ3v) is 3.15. The molecule has 1 atom stereocenters. The van der Waals surface area contributed by atoms with Gasteiger partial charge in [-0.1, -0.05) is 0 Å². The summed E-state index contributed by atoms with van der Waals surface area (Å²) < 4.78 is 6.29. The van der Waals surface area contributed by atoms with Gasteiger partial charge in [-0.25, -0.2) is 4.98 Å². The molecular weight excluding hydrogens is 234 g/mol. The molecule has 0 aliphatic heterocycles. The number of methoxy groups -OCH3 is 1. The van der Waals surface area contributed by atoms with Crippen molar-refractivity contribution >= 4 is 11.9 Å². The smallest absolute Gasteiger partial charge is 0.307 e. The molecule has 98 valence electrons. The van der Waals surface area contributed by atoms with E-state index in [1.54, 1.807) is 24.0 Å². The lowest BCUT2D eigenvalue weighted by Gasteiger charge is -2.16. The zero-order valence-corrected chi connectivity index (χ0v) is 10.5. The fraction of sp³-hybridized carbons (Fsp3) is 0.583. The highest BCUT2D eigenvalue weighted by atomic mass is 16.5. The summed E-state index contributed by atoms with van der Waals surface area (Å²) in [5.41, 5.74) is 0. The van der Waals surface area contributed by atoms with Gasteiger partial charge in [-0.2, -0.15) is 0 Å². The van der Waals surface area contributed by atoms with Gasteiger partial charge < -0.3 is 14.6 Å². The van der Waals surface area contributed by atoms with E-state index in [-0.39, 0.29) is 24.3 Å². The summed E-state index contributed by atoms with van der Waals surface area (Å²) in [6, 6.07) is -0.151. The number of ether oxygens (including phenoxy) is 1. The van der Waals surface area contributed by atoms with Gasteiger partial charge in [0.2, 0.25) is 0 Å². The lowest BCUT2D eigenvalue weighted by Crippen LogP contribution is -2.39. The molecule has 1 heterocycles. The first kappa shape index (κ1) is 12.6. The molecule has 0 aromatic carbocycles. The molecule has 1 aromatic rings. The van der Waals surface area contributed by atoms with Crippen LogP contribution >= 0.6 is 0 Å². The quantitative estimate of drug-likeness (QED) is 0.773. The molecule has 0 radical (unpaired) electrons. The third kappa shape index (κ3) is 2.88. The highest BCUT2D eigenvalue weighted by Gasteiger charge is 2.34. The number of esters is 1. The van der Waals surface area contributed by atoms with Crippen molar-refractivity contribution in [3.8, 4) is 0 Å². The maximum atomic E-state index is 12.0. The Morgan fingerprint density at radius 2 is 2.33 bits per heavy atom. The number of rotatable bonds is 5. The molecule has 18 heavy (non-hydrogen) atoms. The lowest BCUT2D eigenvalue weighted by atomic mass is 10.1. The Morgan fingerprint density at radius 3 is 2.83 bits per heavy atom. The Hall–Kier alpha value is -1.85. The van der Waals surface area contributed by atoms with Crippen molar-refractivity contribution in [2.75, 3.05) is 7.11 Å². The highest BCUT2D eigenvalue weighted by molar-refractivity contribution is 5.91.